The van der Waals surface area contributed by atoms with E-state index in [1.54, 1.807) is 0 Å². The number of aromatic nitrogens is 2. The van der Waals surface area contributed by atoms with Gasteiger partial charge in [-0.15, -0.1) is 24.0 Å². The molecule has 0 saturated carbocycles. The summed E-state index contributed by atoms with van der Waals surface area (Å²) in [5.74, 6) is 2.73. The van der Waals surface area contributed by atoms with Gasteiger partial charge in [0.05, 0.1) is 12.7 Å². The Bertz CT molecular complexity index is 481. The molecule has 5 nitrogen and oxygen atoms in total. The predicted molar refractivity (Wildman–Crippen MR) is 107 cm³/mol. The molecule has 2 heterocycles. The van der Waals surface area contributed by atoms with Crippen LogP contribution in [0.1, 0.15) is 45.6 Å². The first-order valence-corrected chi connectivity index (χ1v) is 8.68. The van der Waals surface area contributed by atoms with E-state index in [-0.39, 0.29) is 24.0 Å². The van der Waals surface area contributed by atoms with Gasteiger partial charge < -0.3 is 10.2 Å². The van der Waals surface area contributed by atoms with Crippen molar-refractivity contribution < 1.29 is 0 Å². The third-order valence-corrected chi connectivity index (χ3v) is 4.74. The Hall–Kier alpha value is -0.790. The summed E-state index contributed by atoms with van der Waals surface area (Å²) < 4.78 is 1.83. The maximum absolute atomic E-state index is 4.80. The molecule has 1 unspecified atom stereocenters. The Morgan fingerprint density at radius 3 is 2.70 bits per heavy atom. The highest BCUT2D eigenvalue weighted by molar-refractivity contribution is 14.0. The Labute approximate surface area is 157 Å². The predicted octanol–water partition coefficient (Wildman–Crippen LogP) is 3.26. The molecule has 1 aliphatic rings. The summed E-state index contributed by atoms with van der Waals surface area (Å²) in [5, 5.41) is 7.65. The minimum absolute atomic E-state index is 0. The van der Waals surface area contributed by atoms with Gasteiger partial charge in [0, 0.05) is 38.4 Å². The van der Waals surface area contributed by atoms with Crippen LogP contribution < -0.4 is 5.32 Å². The molecule has 6 heteroatoms. The molecular formula is C17H32IN5. The Kier molecular flexibility index (Phi) is 8.94. The highest BCUT2D eigenvalue weighted by atomic mass is 127. The fraction of sp³-hybridized carbons (Fsp3) is 0.765. The zero-order valence-electron chi connectivity index (χ0n) is 15.0. The molecule has 0 spiro atoms. The molecule has 1 aromatic heterocycles. The van der Waals surface area contributed by atoms with Crippen molar-refractivity contribution in [3.63, 3.8) is 0 Å². The van der Waals surface area contributed by atoms with Crippen LogP contribution in [0.15, 0.2) is 17.4 Å². The van der Waals surface area contributed by atoms with Gasteiger partial charge in [-0.3, -0.25) is 4.68 Å². The van der Waals surface area contributed by atoms with Crippen molar-refractivity contribution in [2.24, 2.45) is 23.9 Å². The summed E-state index contributed by atoms with van der Waals surface area (Å²) >= 11 is 0. The smallest absolute Gasteiger partial charge is 0.194 e. The first kappa shape index (κ1) is 20.3. The van der Waals surface area contributed by atoms with Crippen molar-refractivity contribution >= 4 is 29.9 Å². The zero-order valence-corrected chi connectivity index (χ0v) is 17.3. The van der Waals surface area contributed by atoms with E-state index in [1.807, 2.05) is 24.1 Å². The standard InChI is InChI=1S/C17H31N5.HI/c1-5-15(6-2)16-8-9-22(13-16)17(18-7-3)19-10-14-11-20-21(4)12-14;/h11-12,15-16H,5-10,13H2,1-4H3,(H,18,19);1H. The number of hydrogen-bond acceptors (Lipinski definition) is 2. The molecule has 0 radical (unpaired) electrons. The number of hydrogen-bond donors (Lipinski definition) is 1. The first-order chi connectivity index (χ1) is 10.7. The van der Waals surface area contributed by atoms with Crippen molar-refractivity contribution in [1.29, 1.82) is 0 Å². The molecule has 1 fully saturated rings. The second-order valence-corrected chi connectivity index (χ2v) is 6.26. The summed E-state index contributed by atoms with van der Waals surface area (Å²) in [4.78, 5) is 7.24. The van der Waals surface area contributed by atoms with Crippen LogP contribution in [0, 0.1) is 11.8 Å². The maximum Gasteiger partial charge on any atom is 0.194 e. The molecule has 1 atom stereocenters. The van der Waals surface area contributed by atoms with E-state index in [2.05, 4.69) is 36.1 Å². The molecule has 1 aromatic rings. The van der Waals surface area contributed by atoms with Gasteiger partial charge in [-0.05, 0) is 25.2 Å². The van der Waals surface area contributed by atoms with Crippen molar-refractivity contribution in [2.45, 2.75) is 46.6 Å². The lowest BCUT2D eigenvalue weighted by Gasteiger charge is -2.24. The lowest BCUT2D eigenvalue weighted by atomic mass is 9.87. The highest BCUT2D eigenvalue weighted by Crippen LogP contribution is 2.28. The van der Waals surface area contributed by atoms with Crippen LogP contribution in [-0.4, -0.2) is 40.3 Å². The molecule has 0 bridgehead atoms. The fourth-order valence-electron chi connectivity index (χ4n) is 3.47. The van der Waals surface area contributed by atoms with Crippen molar-refractivity contribution in [3.05, 3.63) is 18.0 Å². The van der Waals surface area contributed by atoms with Gasteiger partial charge in [0.1, 0.15) is 0 Å². The minimum Gasteiger partial charge on any atom is -0.357 e. The number of halogens is 1. The maximum atomic E-state index is 4.80. The topological polar surface area (TPSA) is 45.5 Å². The highest BCUT2D eigenvalue weighted by Gasteiger charge is 2.29. The molecule has 1 saturated heterocycles. The SMILES string of the molecule is CCNC(=NCc1cnn(C)c1)N1CCC(C(CC)CC)C1.I. The van der Waals surface area contributed by atoms with E-state index in [0.29, 0.717) is 6.54 Å². The van der Waals surface area contributed by atoms with E-state index in [1.165, 1.54) is 19.3 Å². The molecule has 0 amide bonds. The quantitative estimate of drug-likeness (QED) is 0.426. The van der Waals surface area contributed by atoms with E-state index >= 15 is 0 Å². The van der Waals surface area contributed by atoms with Crippen molar-refractivity contribution in [2.75, 3.05) is 19.6 Å². The lowest BCUT2D eigenvalue weighted by Crippen LogP contribution is -2.40. The number of nitrogens with zero attached hydrogens (tertiary/aromatic N) is 4. The monoisotopic (exact) mass is 433 g/mol. The summed E-state index contributed by atoms with van der Waals surface area (Å²) in [6, 6.07) is 0. The summed E-state index contributed by atoms with van der Waals surface area (Å²) in [6.45, 7) is 10.6. The van der Waals surface area contributed by atoms with Crippen LogP contribution in [0.2, 0.25) is 0 Å². The first-order valence-electron chi connectivity index (χ1n) is 8.68. The molecule has 132 valence electrons. The number of aliphatic imine (C=N–C) groups is 1. The summed E-state index contributed by atoms with van der Waals surface area (Å²) in [5.41, 5.74) is 1.16. The number of likely N-dealkylation sites (tertiary alicyclic amines) is 1. The molecule has 23 heavy (non-hydrogen) atoms. The Morgan fingerprint density at radius 2 is 2.13 bits per heavy atom. The number of nitrogens with one attached hydrogen (secondary N) is 1. The zero-order chi connectivity index (χ0) is 15.9. The average molecular weight is 433 g/mol. The average Bonchev–Trinajstić information content (AvgIpc) is 3.14. The van der Waals surface area contributed by atoms with E-state index in [0.717, 1.165) is 43.0 Å². The molecule has 1 aliphatic heterocycles. The Morgan fingerprint density at radius 1 is 1.39 bits per heavy atom. The van der Waals surface area contributed by atoms with Gasteiger partial charge in [-0.2, -0.15) is 5.10 Å². The summed E-state index contributed by atoms with van der Waals surface area (Å²) in [6.07, 6.45) is 7.80. The van der Waals surface area contributed by atoms with Crippen LogP contribution in [-0.2, 0) is 13.6 Å². The normalized spacial score (nSPS) is 18.4. The van der Waals surface area contributed by atoms with Gasteiger partial charge in [0.2, 0.25) is 0 Å². The third-order valence-electron chi connectivity index (χ3n) is 4.74. The van der Waals surface area contributed by atoms with Crippen LogP contribution >= 0.6 is 24.0 Å². The summed E-state index contributed by atoms with van der Waals surface area (Å²) in [7, 11) is 1.94. The molecule has 2 rings (SSSR count). The van der Waals surface area contributed by atoms with Gasteiger partial charge in [-0.1, -0.05) is 26.7 Å². The van der Waals surface area contributed by atoms with E-state index in [4.69, 9.17) is 4.99 Å². The molecule has 1 N–H and O–H groups in total. The van der Waals surface area contributed by atoms with Gasteiger partial charge in [-0.25, -0.2) is 4.99 Å². The van der Waals surface area contributed by atoms with Crippen molar-refractivity contribution in [3.8, 4) is 0 Å². The van der Waals surface area contributed by atoms with E-state index in [9.17, 15) is 0 Å². The minimum atomic E-state index is 0. The van der Waals surface area contributed by atoms with Gasteiger partial charge in [0.15, 0.2) is 5.96 Å². The van der Waals surface area contributed by atoms with Gasteiger partial charge >= 0.3 is 0 Å². The second-order valence-electron chi connectivity index (χ2n) is 6.26. The third kappa shape index (κ3) is 5.65. The second kappa shape index (κ2) is 10.2. The number of guanidine groups is 1. The number of aryl methyl sites for hydroxylation is 1. The van der Waals surface area contributed by atoms with Crippen LogP contribution in [0.4, 0.5) is 0 Å². The fourth-order valence-corrected chi connectivity index (χ4v) is 3.47. The van der Waals surface area contributed by atoms with Gasteiger partial charge in [0.25, 0.3) is 0 Å². The lowest BCUT2D eigenvalue weighted by molar-refractivity contribution is 0.319. The van der Waals surface area contributed by atoms with Crippen molar-refractivity contribution in [1.82, 2.24) is 20.0 Å². The van der Waals surface area contributed by atoms with Crippen LogP contribution in [0.5, 0.6) is 0 Å². The Balaban J connectivity index is 0.00000264. The largest absolute Gasteiger partial charge is 0.357 e. The van der Waals surface area contributed by atoms with Crippen LogP contribution in [0.25, 0.3) is 0 Å². The number of rotatable bonds is 6. The van der Waals surface area contributed by atoms with Crippen LogP contribution in [0.3, 0.4) is 0 Å². The van der Waals surface area contributed by atoms with E-state index < -0.39 is 0 Å². The molecule has 0 aromatic carbocycles. The molecule has 0 aliphatic carbocycles. The molecular weight excluding hydrogens is 401 g/mol.